The van der Waals surface area contributed by atoms with Crippen LogP contribution < -0.4 is 11.1 Å². The summed E-state index contributed by atoms with van der Waals surface area (Å²) in [5.41, 5.74) is 4.70. The molecule has 0 aliphatic rings. The molecular weight excluding hydrogens is 164 g/mol. The summed E-state index contributed by atoms with van der Waals surface area (Å²) in [7, 11) is 0. The Morgan fingerprint density at radius 3 is 2.50 bits per heavy atom. The fourth-order valence-corrected chi connectivity index (χ4v) is 0.600. The molecule has 0 bridgehead atoms. The maximum Gasteiger partial charge on any atom is 0.312 e. The normalized spacial score (nSPS) is 11.7. The van der Waals surface area contributed by atoms with Crippen molar-refractivity contribution in [2.75, 3.05) is 0 Å². The number of carboxylic acid groups (broad SMARTS) is 1. The number of carbonyl (C=O) groups is 2. The molecule has 0 aromatic heterocycles. The highest BCUT2D eigenvalue weighted by Crippen LogP contribution is 1.93. The molecule has 0 spiro atoms. The number of aliphatic carboxylic acids is 1. The molecule has 0 unspecified atom stereocenters. The summed E-state index contributed by atoms with van der Waals surface area (Å²) in [6.07, 6.45) is 1.26. The third-order valence-electron chi connectivity index (χ3n) is 1.11. The van der Waals surface area contributed by atoms with Crippen LogP contribution in [0.1, 0.15) is 12.8 Å². The van der Waals surface area contributed by atoms with Gasteiger partial charge in [-0.15, -0.1) is 0 Å². The topological polar surface area (TPSA) is 109 Å². The van der Waals surface area contributed by atoms with E-state index in [9.17, 15) is 14.4 Å². The molecule has 0 aliphatic carbocycles. The SMILES string of the molecule is NC(=O)N[C@H]([C]=O)CCC(=O)O. The lowest BCUT2D eigenvalue weighted by molar-refractivity contribution is -0.137. The number of amides is 2. The molecule has 0 saturated heterocycles. The Bertz CT molecular complexity index is 192. The summed E-state index contributed by atoms with van der Waals surface area (Å²) >= 11 is 0. The highest BCUT2D eigenvalue weighted by atomic mass is 16.4. The second-order valence-corrected chi connectivity index (χ2v) is 2.11. The van der Waals surface area contributed by atoms with E-state index < -0.39 is 18.0 Å². The van der Waals surface area contributed by atoms with Gasteiger partial charge in [-0.3, -0.25) is 9.59 Å². The molecule has 4 N–H and O–H groups in total. The lowest BCUT2D eigenvalue weighted by Crippen LogP contribution is -2.39. The number of nitrogens with two attached hydrogens (primary N) is 1. The number of nitrogens with one attached hydrogen (secondary N) is 1. The van der Waals surface area contributed by atoms with Crippen LogP contribution in [0, 0.1) is 0 Å². The Morgan fingerprint density at radius 2 is 2.17 bits per heavy atom. The number of carbonyl (C=O) groups excluding carboxylic acids is 2. The van der Waals surface area contributed by atoms with Crippen LogP contribution in [0.5, 0.6) is 0 Å². The first-order valence-corrected chi connectivity index (χ1v) is 3.21. The van der Waals surface area contributed by atoms with Crippen LogP contribution in [-0.4, -0.2) is 29.4 Å². The van der Waals surface area contributed by atoms with E-state index in [0.29, 0.717) is 0 Å². The van der Waals surface area contributed by atoms with Gasteiger partial charge in [0, 0.05) is 6.42 Å². The van der Waals surface area contributed by atoms with Gasteiger partial charge in [-0.25, -0.2) is 4.79 Å². The molecule has 0 heterocycles. The molecule has 0 aromatic carbocycles. The van der Waals surface area contributed by atoms with Crippen molar-refractivity contribution >= 4 is 18.3 Å². The van der Waals surface area contributed by atoms with Crippen LogP contribution in [-0.2, 0) is 9.59 Å². The minimum Gasteiger partial charge on any atom is -0.481 e. The molecule has 0 rings (SSSR count). The average molecular weight is 173 g/mol. The maximum absolute atomic E-state index is 10.2. The van der Waals surface area contributed by atoms with E-state index in [2.05, 4.69) is 0 Å². The van der Waals surface area contributed by atoms with Gasteiger partial charge in [-0.2, -0.15) is 0 Å². The minimum absolute atomic E-state index is 0.00176. The maximum atomic E-state index is 10.2. The third-order valence-corrected chi connectivity index (χ3v) is 1.11. The lowest BCUT2D eigenvalue weighted by Gasteiger charge is -2.06. The zero-order valence-corrected chi connectivity index (χ0v) is 6.24. The monoisotopic (exact) mass is 173 g/mol. The van der Waals surface area contributed by atoms with Crippen LogP contribution in [0.3, 0.4) is 0 Å². The van der Waals surface area contributed by atoms with E-state index in [0.717, 1.165) is 0 Å². The molecule has 67 valence electrons. The predicted molar refractivity (Wildman–Crippen MR) is 39.1 cm³/mol. The molecule has 6 heteroatoms. The van der Waals surface area contributed by atoms with Crippen LogP contribution in [0.2, 0.25) is 0 Å². The highest BCUT2D eigenvalue weighted by molar-refractivity contribution is 5.77. The Morgan fingerprint density at radius 1 is 1.58 bits per heavy atom. The van der Waals surface area contributed by atoms with Crippen molar-refractivity contribution in [3.8, 4) is 0 Å². The van der Waals surface area contributed by atoms with E-state index in [1.807, 2.05) is 5.32 Å². The molecular formula is C6H9N2O4. The molecule has 0 saturated carbocycles. The van der Waals surface area contributed by atoms with Gasteiger partial charge in [0.15, 0.2) is 0 Å². The number of hydrogen-bond donors (Lipinski definition) is 3. The molecule has 12 heavy (non-hydrogen) atoms. The van der Waals surface area contributed by atoms with Gasteiger partial charge in [0.2, 0.25) is 6.29 Å². The van der Waals surface area contributed by atoms with Crippen molar-refractivity contribution in [3.05, 3.63) is 0 Å². The Labute approximate surface area is 68.7 Å². The minimum atomic E-state index is -1.04. The summed E-state index contributed by atoms with van der Waals surface area (Å²) in [6.45, 7) is 0. The van der Waals surface area contributed by atoms with Crippen molar-refractivity contribution in [2.24, 2.45) is 5.73 Å². The first kappa shape index (κ1) is 10.4. The molecule has 0 fully saturated rings. The summed E-state index contributed by atoms with van der Waals surface area (Å²) in [5.74, 6) is -1.04. The quantitative estimate of drug-likeness (QED) is 0.495. The molecule has 1 radical (unpaired) electrons. The Hall–Kier alpha value is -1.59. The summed E-state index contributed by atoms with van der Waals surface area (Å²) in [6, 6.07) is -1.80. The second-order valence-electron chi connectivity index (χ2n) is 2.11. The van der Waals surface area contributed by atoms with Gasteiger partial charge in [0.1, 0.15) is 0 Å². The van der Waals surface area contributed by atoms with Crippen LogP contribution in [0.4, 0.5) is 4.79 Å². The van der Waals surface area contributed by atoms with Gasteiger partial charge >= 0.3 is 12.0 Å². The van der Waals surface area contributed by atoms with E-state index in [4.69, 9.17) is 10.8 Å². The fourth-order valence-electron chi connectivity index (χ4n) is 0.600. The number of primary amides is 1. The predicted octanol–water partition coefficient (Wildman–Crippen LogP) is -1.00. The van der Waals surface area contributed by atoms with Crippen LogP contribution in [0.15, 0.2) is 0 Å². The molecule has 0 aliphatic heterocycles. The van der Waals surface area contributed by atoms with E-state index >= 15 is 0 Å². The zero-order valence-electron chi connectivity index (χ0n) is 6.24. The number of carboxylic acids is 1. The van der Waals surface area contributed by atoms with Crippen molar-refractivity contribution in [3.63, 3.8) is 0 Å². The van der Waals surface area contributed by atoms with Gasteiger partial charge in [0.05, 0.1) is 6.04 Å². The second kappa shape index (κ2) is 5.11. The molecule has 1 atom stereocenters. The molecule has 0 aromatic rings. The summed E-state index contributed by atoms with van der Waals surface area (Å²) < 4.78 is 0. The van der Waals surface area contributed by atoms with Crippen LogP contribution >= 0.6 is 0 Å². The van der Waals surface area contributed by atoms with Crippen molar-refractivity contribution in [2.45, 2.75) is 18.9 Å². The van der Waals surface area contributed by atoms with Gasteiger partial charge < -0.3 is 16.2 Å². The van der Waals surface area contributed by atoms with E-state index in [1.54, 1.807) is 0 Å². The van der Waals surface area contributed by atoms with Crippen molar-refractivity contribution in [1.82, 2.24) is 5.32 Å². The Kier molecular flexibility index (Phi) is 4.43. The highest BCUT2D eigenvalue weighted by Gasteiger charge is 2.11. The number of hydrogen-bond acceptors (Lipinski definition) is 3. The number of urea groups is 1. The van der Waals surface area contributed by atoms with Gasteiger partial charge in [0.25, 0.3) is 0 Å². The van der Waals surface area contributed by atoms with Gasteiger partial charge in [-0.05, 0) is 6.42 Å². The standard InChI is InChI=1S/C6H9N2O4/c7-6(12)8-4(3-9)1-2-5(10)11/h4H,1-2H2,(H,10,11)(H3,7,8,12)/t4-/m0/s1. The van der Waals surface area contributed by atoms with E-state index in [1.165, 1.54) is 6.29 Å². The largest absolute Gasteiger partial charge is 0.481 e. The smallest absolute Gasteiger partial charge is 0.312 e. The average Bonchev–Trinajstić information content (AvgIpc) is 1.97. The zero-order chi connectivity index (χ0) is 9.56. The first-order chi connectivity index (χ1) is 5.56. The first-order valence-electron chi connectivity index (χ1n) is 3.21. The summed E-state index contributed by atoms with van der Waals surface area (Å²) in [4.78, 5) is 30.3. The molecule has 6 nitrogen and oxygen atoms in total. The fraction of sp³-hybridized carbons (Fsp3) is 0.500. The third kappa shape index (κ3) is 5.21. The van der Waals surface area contributed by atoms with E-state index in [-0.39, 0.29) is 12.8 Å². The van der Waals surface area contributed by atoms with Crippen molar-refractivity contribution in [1.29, 1.82) is 0 Å². The lowest BCUT2D eigenvalue weighted by atomic mass is 10.2. The number of rotatable bonds is 5. The molecule has 2 amide bonds. The summed E-state index contributed by atoms with van der Waals surface area (Å²) in [5, 5.41) is 10.3. The van der Waals surface area contributed by atoms with Gasteiger partial charge in [-0.1, -0.05) is 0 Å². The van der Waals surface area contributed by atoms with Crippen LogP contribution in [0.25, 0.3) is 0 Å². The van der Waals surface area contributed by atoms with Crippen molar-refractivity contribution < 1.29 is 19.5 Å². The Balaban J connectivity index is 3.75.